The van der Waals surface area contributed by atoms with Crippen LogP contribution in [0, 0.1) is 5.82 Å². The molecule has 2 aromatic carbocycles. The van der Waals surface area contributed by atoms with Crippen LogP contribution in [-0.4, -0.2) is 26.4 Å². The van der Waals surface area contributed by atoms with Gasteiger partial charge in [-0.3, -0.25) is 0 Å². The summed E-state index contributed by atoms with van der Waals surface area (Å²) in [6.07, 6.45) is 0.932. The van der Waals surface area contributed by atoms with Gasteiger partial charge in [0.1, 0.15) is 17.3 Å². The van der Waals surface area contributed by atoms with Crippen molar-refractivity contribution in [2.75, 3.05) is 11.9 Å². The van der Waals surface area contributed by atoms with Crippen molar-refractivity contribution in [3.8, 4) is 11.3 Å². The van der Waals surface area contributed by atoms with Crippen molar-refractivity contribution in [3.05, 3.63) is 76.7 Å². The van der Waals surface area contributed by atoms with Gasteiger partial charge in [0, 0.05) is 22.4 Å². The molecule has 0 fully saturated rings. The first-order valence-corrected chi connectivity index (χ1v) is 9.84. The molecule has 0 aliphatic carbocycles. The molecule has 1 N–H and O–H groups in total. The molecule has 138 valence electrons. The second kappa shape index (κ2) is 7.01. The van der Waals surface area contributed by atoms with Crippen molar-refractivity contribution < 1.29 is 4.39 Å². The SMILES string of the molecule is Fc1ccc(-c2nnn3c2nc(NCCc2cccs2)c2ccccc23)cc1. The molecule has 0 spiro atoms. The average Bonchev–Trinajstić information content (AvgIpc) is 3.39. The van der Waals surface area contributed by atoms with E-state index in [2.05, 4.69) is 33.1 Å². The van der Waals surface area contributed by atoms with E-state index in [0.29, 0.717) is 11.3 Å². The van der Waals surface area contributed by atoms with Crippen LogP contribution in [0.15, 0.2) is 66.0 Å². The molecule has 0 atom stereocenters. The van der Waals surface area contributed by atoms with Crippen LogP contribution in [0.5, 0.6) is 0 Å². The first-order chi connectivity index (χ1) is 13.8. The Morgan fingerprint density at radius 2 is 1.86 bits per heavy atom. The molecule has 0 unspecified atom stereocenters. The summed E-state index contributed by atoms with van der Waals surface area (Å²) in [4.78, 5) is 6.15. The zero-order valence-electron chi connectivity index (χ0n) is 14.8. The number of nitrogens with zero attached hydrogens (tertiary/aromatic N) is 4. The Morgan fingerprint density at radius 1 is 1.00 bits per heavy atom. The highest BCUT2D eigenvalue weighted by Crippen LogP contribution is 2.28. The van der Waals surface area contributed by atoms with Crippen molar-refractivity contribution in [1.82, 2.24) is 19.8 Å². The zero-order valence-corrected chi connectivity index (χ0v) is 15.7. The lowest BCUT2D eigenvalue weighted by atomic mass is 10.1. The van der Waals surface area contributed by atoms with Gasteiger partial charge < -0.3 is 5.32 Å². The molecule has 28 heavy (non-hydrogen) atoms. The summed E-state index contributed by atoms with van der Waals surface area (Å²) in [5.74, 6) is 0.514. The molecule has 0 amide bonds. The number of anilines is 1. The molecule has 0 bridgehead atoms. The molecule has 5 aromatic rings. The van der Waals surface area contributed by atoms with E-state index in [1.54, 1.807) is 28.0 Å². The normalized spacial score (nSPS) is 11.3. The number of benzene rings is 2. The molecule has 5 nitrogen and oxygen atoms in total. The molecule has 3 aromatic heterocycles. The number of para-hydroxylation sites is 1. The zero-order chi connectivity index (χ0) is 18.9. The van der Waals surface area contributed by atoms with Gasteiger partial charge >= 0.3 is 0 Å². The fourth-order valence-electron chi connectivity index (χ4n) is 3.25. The van der Waals surface area contributed by atoms with Gasteiger partial charge in [-0.15, -0.1) is 16.4 Å². The summed E-state index contributed by atoms with van der Waals surface area (Å²) in [6.45, 7) is 0.779. The first kappa shape index (κ1) is 16.8. The van der Waals surface area contributed by atoms with Crippen LogP contribution in [0.2, 0.25) is 0 Å². The number of fused-ring (bicyclic) bond motifs is 3. The van der Waals surface area contributed by atoms with Gasteiger partial charge in [-0.1, -0.05) is 23.4 Å². The lowest BCUT2D eigenvalue weighted by Crippen LogP contribution is -2.08. The number of hydrogen-bond acceptors (Lipinski definition) is 5. The number of rotatable bonds is 5. The van der Waals surface area contributed by atoms with Gasteiger partial charge in [-0.2, -0.15) is 4.52 Å². The summed E-state index contributed by atoms with van der Waals surface area (Å²) < 4.78 is 15.0. The Hall–Kier alpha value is -3.32. The minimum atomic E-state index is -0.283. The predicted octanol–water partition coefficient (Wildman–Crippen LogP) is 4.80. The molecular weight excluding hydrogens is 373 g/mol. The molecule has 0 saturated carbocycles. The highest BCUT2D eigenvalue weighted by atomic mass is 32.1. The molecule has 5 rings (SSSR count). The molecule has 0 radical (unpaired) electrons. The van der Waals surface area contributed by atoms with Crippen molar-refractivity contribution >= 4 is 33.7 Å². The van der Waals surface area contributed by atoms with Gasteiger partial charge in [0.2, 0.25) is 0 Å². The Bertz CT molecular complexity index is 1250. The van der Waals surface area contributed by atoms with E-state index in [-0.39, 0.29) is 5.82 Å². The number of thiophene rings is 1. The van der Waals surface area contributed by atoms with E-state index in [1.165, 1.54) is 17.0 Å². The van der Waals surface area contributed by atoms with Gasteiger partial charge in [0.25, 0.3) is 0 Å². The van der Waals surface area contributed by atoms with Crippen molar-refractivity contribution in [2.24, 2.45) is 0 Å². The lowest BCUT2D eigenvalue weighted by Gasteiger charge is -2.10. The Kier molecular flexibility index (Phi) is 4.21. The largest absolute Gasteiger partial charge is 0.369 e. The van der Waals surface area contributed by atoms with Crippen LogP contribution < -0.4 is 5.32 Å². The quantitative estimate of drug-likeness (QED) is 0.469. The minimum absolute atomic E-state index is 0.283. The van der Waals surface area contributed by atoms with Crippen molar-refractivity contribution in [3.63, 3.8) is 0 Å². The Labute approximate surface area is 164 Å². The van der Waals surface area contributed by atoms with E-state index >= 15 is 0 Å². The van der Waals surface area contributed by atoms with E-state index < -0.39 is 0 Å². The highest BCUT2D eigenvalue weighted by Gasteiger charge is 2.15. The van der Waals surface area contributed by atoms with Crippen molar-refractivity contribution in [2.45, 2.75) is 6.42 Å². The van der Waals surface area contributed by atoms with Gasteiger partial charge in [-0.25, -0.2) is 9.37 Å². The number of hydrogen-bond donors (Lipinski definition) is 1. The van der Waals surface area contributed by atoms with Crippen LogP contribution in [0.25, 0.3) is 27.8 Å². The second-order valence-corrected chi connectivity index (χ2v) is 7.45. The standard InChI is InChI=1S/C21H16FN5S/c22-15-9-7-14(8-10-15)19-21-24-20(23-12-11-16-4-3-13-28-16)17-5-1-2-6-18(17)27(21)26-25-19/h1-10,13H,11-12H2,(H,23,24). The number of aromatic nitrogens is 4. The fourth-order valence-corrected chi connectivity index (χ4v) is 3.96. The van der Waals surface area contributed by atoms with Crippen molar-refractivity contribution in [1.29, 1.82) is 0 Å². The number of halogens is 1. The molecule has 7 heteroatoms. The Balaban J connectivity index is 1.59. The summed E-state index contributed by atoms with van der Waals surface area (Å²) in [7, 11) is 0. The van der Waals surface area contributed by atoms with Crippen LogP contribution >= 0.6 is 11.3 Å². The molecule has 0 saturated heterocycles. The van der Waals surface area contributed by atoms with E-state index in [0.717, 1.165) is 35.2 Å². The lowest BCUT2D eigenvalue weighted by molar-refractivity contribution is 0.628. The maximum atomic E-state index is 13.3. The maximum absolute atomic E-state index is 13.3. The summed E-state index contributed by atoms with van der Waals surface area (Å²) in [6, 6.07) is 18.4. The third-order valence-electron chi connectivity index (χ3n) is 4.61. The fraction of sp³-hybridized carbons (Fsp3) is 0.0952. The Morgan fingerprint density at radius 3 is 2.68 bits per heavy atom. The van der Waals surface area contributed by atoms with Crippen LogP contribution in [-0.2, 0) is 6.42 Å². The second-order valence-electron chi connectivity index (χ2n) is 6.41. The van der Waals surface area contributed by atoms with Gasteiger partial charge in [0.05, 0.1) is 5.52 Å². The average molecular weight is 389 g/mol. The molecular formula is C21H16FN5S. The van der Waals surface area contributed by atoms with Gasteiger partial charge in [-0.05, 0) is 54.3 Å². The predicted molar refractivity (Wildman–Crippen MR) is 110 cm³/mol. The first-order valence-electron chi connectivity index (χ1n) is 8.96. The van der Waals surface area contributed by atoms with Crippen LogP contribution in [0.1, 0.15) is 4.88 Å². The minimum Gasteiger partial charge on any atom is -0.369 e. The summed E-state index contributed by atoms with van der Waals surface area (Å²) >= 11 is 1.75. The van der Waals surface area contributed by atoms with E-state index in [4.69, 9.17) is 4.98 Å². The van der Waals surface area contributed by atoms with E-state index in [9.17, 15) is 4.39 Å². The molecule has 3 heterocycles. The number of nitrogens with one attached hydrogen (secondary N) is 1. The summed E-state index contributed by atoms with van der Waals surface area (Å²) in [5.41, 5.74) is 2.98. The molecule has 0 aliphatic rings. The highest BCUT2D eigenvalue weighted by molar-refractivity contribution is 7.09. The van der Waals surface area contributed by atoms with E-state index in [1.807, 2.05) is 24.3 Å². The third-order valence-corrected chi connectivity index (χ3v) is 5.55. The third kappa shape index (κ3) is 2.99. The van der Waals surface area contributed by atoms with Gasteiger partial charge in [0.15, 0.2) is 5.65 Å². The smallest absolute Gasteiger partial charge is 0.186 e. The monoisotopic (exact) mass is 389 g/mol. The molecule has 0 aliphatic heterocycles. The summed E-state index contributed by atoms with van der Waals surface area (Å²) in [5, 5.41) is 15.1. The van der Waals surface area contributed by atoms with Crippen LogP contribution in [0.4, 0.5) is 10.2 Å². The maximum Gasteiger partial charge on any atom is 0.186 e. The van der Waals surface area contributed by atoms with Crippen LogP contribution in [0.3, 0.4) is 0 Å². The topological polar surface area (TPSA) is 55.1 Å².